The van der Waals surface area contributed by atoms with Crippen molar-refractivity contribution < 1.29 is 78.6 Å². The monoisotopic (exact) mass is 1780 g/mol. The molecule has 0 saturated heterocycles. The molecule has 10 unspecified atom stereocenters. The number of hydrogen-bond acceptors (Lipinski definition) is 0. The Morgan fingerprint density at radius 2 is 0.552 bits per heavy atom. The molecule has 0 heterocycles. The van der Waals surface area contributed by atoms with E-state index in [1.807, 2.05) is 188 Å². The van der Waals surface area contributed by atoms with Gasteiger partial charge in [0.1, 0.15) is 0 Å². The summed E-state index contributed by atoms with van der Waals surface area (Å²) in [4.78, 5) is 0. The zero-order chi connectivity index (χ0) is 75.8. The Morgan fingerprint density at radius 3 is 0.828 bits per heavy atom. The SMILES string of the molecule is C1=CC2CCC(CCc3ccccc3)C2C=C1.C1=CC2CCCC2C=C1.C1=CC2CCCC2C=C1.C=CCC1CCC2C=CC=CC21.C=CCCC1CCCC1.CCCCC1CCCC1.[CH2-]c1ccccc1.[CH2-]c1ccccc1.[CH2-]c1ccccc1.[CH2-]c1ccccc1.[CH2-]c1ccccc1.[CH2-]c1ccccc1.[CH3-].[CH3-].[CH3-].[CH3-].[CH3-].[CH3-].[Zr+4].[Zr+4].[Zr+4]. The zero-order valence-corrected chi connectivity index (χ0v) is 80.9. The van der Waals surface area contributed by atoms with Crippen molar-refractivity contribution in [3.05, 3.63) is 460 Å². The summed E-state index contributed by atoms with van der Waals surface area (Å²) in [7, 11) is 0. The molecule has 7 aromatic carbocycles. The molecule has 618 valence electrons. The van der Waals surface area contributed by atoms with Crippen molar-refractivity contribution in [2.24, 2.45) is 71.0 Å². The van der Waals surface area contributed by atoms with Gasteiger partial charge in [-0.15, -0.1) is 86.0 Å². The van der Waals surface area contributed by atoms with Crippen LogP contribution in [0, 0.1) is 157 Å². The van der Waals surface area contributed by atoms with E-state index in [-0.39, 0.29) is 123 Å². The van der Waals surface area contributed by atoms with Crippen LogP contribution in [0.15, 0.2) is 335 Å². The molecular formula is C113H154Zr3. The second kappa shape index (κ2) is 75.1. The van der Waals surface area contributed by atoms with E-state index in [9.17, 15) is 0 Å². The molecule has 6 saturated carbocycles. The normalized spacial score (nSPS) is 20.8. The summed E-state index contributed by atoms with van der Waals surface area (Å²) >= 11 is 0. The third-order valence-corrected chi connectivity index (χ3v) is 22.2. The van der Waals surface area contributed by atoms with Gasteiger partial charge in [0.25, 0.3) is 0 Å². The van der Waals surface area contributed by atoms with Gasteiger partial charge in [0, 0.05) is 0 Å². The third kappa shape index (κ3) is 52.0. The largest absolute Gasteiger partial charge is 4.00 e. The minimum atomic E-state index is 0. The molecule has 7 aromatic rings. The van der Waals surface area contributed by atoms with Crippen molar-refractivity contribution in [3.8, 4) is 0 Å². The predicted octanol–water partition coefficient (Wildman–Crippen LogP) is 33.2. The number of unbranched alkanes of at least 4 members (excludes halogenated alkanes) is 1. The summed E-state index contributed by atoms with van der Waals surface area (Å²) in [6, 6.07) is 70.2. The van der Waals surface area contributed by atoms with Crippen LogP contribution in [-0.2, 0) is 85.0 Å². The second-order valence-corrected chi connectivity index (χ2v) is 30.5. The van der Waals surface area contributed by atoms with Crippen LogP contribution in [0.4, 0.5) is 0 Å². The maximum Gasteiger partial charge on any atom is 4.00 e. The maximum absolute atomic E-state index is 3.82. The number of benzene rings is 7. The van der Waals surface area contributed by atoms with E-state index in [4.69, 9.17) is 0 Å². The van der Waals surface area contributed by atoms with Crippen LogP contribution in [0.25, 0.3) is 0 Å². The fourth-order valence-electron chi connectivity index (χ4n) is 16.1. The molecule has 0 nitrogen and oxygen atoms in total. The van der Waals surface area contributed by atoms with E-state index in [0.29, 0.717) is 0 Å². The van der Waals surface area contributed by atoms with Crippen molar-refractivity contribution in [2.45, 2.75) is 174 Å². The number of fused-ring (bicyclic) bond motifs is 4. The van der Waals surface area contributed by atoms with Crippen LogP contribution in [0.2, 0.25) is 0 Å². The molecule has 0 radical (unpaired) electrons. The topological polar surface area (TPSA) is 0 Å². The van der Waals surface area contributed by atoms with Gasteiger partial charge in [-0.1, -0.05) is 266 Å². The molecule has 0 N–H and O–H groups in total. The van der Waals surface area contributed by atoms with E-state index in [1.54, 1.807) is 0 Å². The van der Waals surface area contributed by atoms with Gasteiger partial charge in [-0.05, 0) is 160 Å². The van der Waals surface area contributed by atoms with E-state index < -0.39 is 0 Å². The molecule has 116 heavy (non-hydrogen) atoms. The number of rotatable bonds is 11. The standard InChI is InChI=1S/C17H20.C12H16.2C9H12.C9H18.C9H16.6C7H7.6CH3.3Zr/c1-2-6-14(7-3-1)10-11-16-13-12-15-8-4-5-9-17(15)16;1-2-5-10-8-9-11-6-3-4-7-12(10)11;2*1-2-5-9-7-3-6-8(9)4-1;2*1-2-3-6-9-7-4-5-8-9;6*1-7-5-3-2-4-6-7;;;;;;;;;/h1-9,15-17H,10-13H2;2-4,6-7,10-12H,1,5,8-9H2;2*1-2,4-5,8-9H,3,6-7H2;9H,2-8H2,1H3;2,9H,1,3-8H2;6*2-6H,1H2;6*1H3;;;/q;;;;;;12*-1;3*+4. The fraction of sp³-hybridized carbons (Fsp3) is 0.345. The molecule has 10 aliphatic carbocycles. The zero-order valence-electron chi connectivity index (χ0n) is 73.6. The van der Waals surface area contributed by atoms with Crippen molar-refractivity contribution in [2.75, 3.05) is 0 Å². The molecule has 17 rings (SSSR count). The van der Waals surface area contributed by atoms with Gasteiger partial charge in [0.2, 0.25) is 0 Å². The molecule has 0 spiro atoms. The summed E-state index contributed by atoms with van der Waals surface area (Å²) in [5.41, 5.74) is 7.92. The van der Waals surface area contributed by atoms with Crippen molar-refractivity contribution in [1.29, 1.82) is 0 Å². The molecule has 0 bridgehead atoms. The Bertz CT molecular complexity index is 3190. The summed E-state index contributed by atoms with van der Waals surface area (Å²) < 4.78 is 0. The summed E-state index contributed by atoms with van der Waals surface area (Å²) in [6.45, 7) is 32.2. The van der Waals surface area contributed by atoms with Gasteiger partial charge >= 0.3 is 78.6 Å². The number of allylic oxidation sites excluding steroid dienone is 18. The van der Waals surface area contributed by atoms with E-state index in [0.717, 1.165) is 104 Å². The Hall–Kier alpha value is -6.19. The van der Waals surface area contributed by atoms with E-state index in [2.05, 4.69) is 195 Å². The van der Waals surface area contributed by atoms with Gasteiger partial charge in [0.05, 0.1) is 0 Å². The summed E-state index contributed by atoms with van der Waals surface area (Å²) in [5, 5.41) is 0. The number of hydrogen-bond donors (Lipinski definition) is 0. The summed E-state index contributed by atoms with van der Waals surface area (Å²) in [5.74, 6) is 10.8. The molecule has 10 aliphatic rings. The average Bonchev–Trinajstić information content (AvgIpc) is 1.69. The molecule has 6 fully saturated rings. The van der Waals surface area contributed by atoms with E-state index in [1.165, 1.54) is 173 Å². The molecule has 3 heteroatoms. The molecule has 0 aliphatic heterocycles. The first kappa shape index (κ1) is 116. The van der Waals surface area contributed by atoms with Gasteiger partial charge in [-0.2, -0.15) is 148 Å². The van der Waals surface area contributed by atoms with E-state index >= 15 is 0 Å². The Kier molecular flexibility index (Phi) is 75.1. The first-order chi connectivity index (χ1) is 52.5. The Balaban J connectivity index is -0.000000592. The van der Waals surface area contributed by atoms with Crippen LogP contribution >= 0.6 is 0 Å². The smallest absolute Gasteiger partial charge is 0.358 e. The van der Waals surface area contributed by atoms with Crippen LogP contribution in [-0.4, -0.2) is 0 Å². The summed E-state index contributed by atoms with van der Waals surface area (Å²) in [6.07, 6.45) is 77.6. The minimum Gasteiger partial charge on any atom is -0.358 e. The number of aryl methyl sites for hydroxylation is 1. The minimum absolute atomic E-state index is 0. The molecular weight excluding hydrogens is 1630 g/mol. The Morgan fingerprint density at radius 1 is 0.284 bits per heavy atom. The molecule has 0 aromatic heterocycles. The maximum atomic E-state index is 3.82. The van der Waals surface area contributed by atoms with Crippen LogP contribution in [0.1, 0.15) is 206 Å². The first-order valence-electron chi connectivity index (χ1n) is 41.4. The van der Waals surface area contributed by atoms with Crippen molar-refractivity contribution >= 4 is 0 Å². The van der Waals surface area contributed by atoms with Crippen molar-refractivity contribution in [3.63, 3.8) is 0 Å². The molecule has 0 amide bonds. The second-order valence-electron chi connectivity index (χ2n) is 30.5. The quantitative estimate of drug-likeness (QED) is 0.0894. The average molecular weight is 1790 g/mol. The van der Waals surface area contributed by atoms with Gasteiger partial charge < -0.3 is 44.6 Å². The molecule has 10 atom stereocenters. The van der Waals surface area contributed by atoms with Gasteiger partial charge in [0.15, 0.2) is 0 Å². The van der Waals surface area contributed by atoms with Crippen LogP contribution in [0.3, 0.4) is 0 Å². The third-order valence-electron chi connectivity index (χ3n) is 22.2. The first-order valence-corrected chi connectivity index (χ1v) is 41.4. The fourth-order valence-corrected chi connectivity index (χ4v) is 16.1. The Labute approximate surface area is 776 Å². The predicted molar refractivity (Wildman–Crippen MR) is 511 cm³/mol. The van der Waals surface area contributed by atoms with Crippen molar-refractivity contribution in [1.82, 2.24) is 0 Å². The van der Waals surface area contributed by atoms with Crippen LogP contribution < -0.4 is 0 Å². The van der Waals surface area contributed by atoms with Crippen LogP contribution in [0.5, 0.6) is 0 Å². The van der Waals surface area contributed by atoms with Gasteiger partial charge in [-0.3, -0.25) is 0 Å². The van der Waals surface area contributed by atoms with Gasteiger partial charge in [-0.25, -0.2) is 0 Å².